The minimum atomic E-state index is 0.486. The highest BCUT2D eigenvalue weighted by Gasteiger charge is 2.21. The van der Waals surface area contributed by atoms with Crippen LogP contribution < -0.4 is 5.32 Å². The fourth-order valence-corrected chi connectivity index (χ4v) is 3.16. The molecule has 0 saturated heterocycles. The van der Waals surface area contributed by atoms with Crippen molar-refractivity contribution < 1.29 is 0 Å². The van der Waals surface area contributed by atoms with Crippen molar-refractivity contribution in [2.24, 2.45) is 5.92 Å². The third kappa shape index (κ3) is 2.87. The summed E-state index contributed by atoms with van der Waals surface area (Å²) in [6.45, 7) is 2.29. The number of hydrogen-bond acceptors (Lipinski definition) is 2. The monoisotopic (exact) mass is 269 g/mol. The Balaban J connectivity index is 1.73. The summed E-state index contributed by atoms with van der Waals surface area (Å²) in [7, 11) is 0. The van der Waals surface area contributed by atoms with Gasteiger partial charge in [-0.1, -0.05) is 37.5 Å². The smallest absolute Gasteiger partial charge is 0.207 e. The predicted molar refractivity (Wildman–Crippen MR) is 83.2 cm³/mol. The van der Waals surface area contributed by atoms with Gasteiger partial charge in [-0.05, 0) is 37.8 Å². The van der Waals surface area contributed by atoms with Crippen molar-refractivity contribution >= 4 is 5.95 Å². The molecule has 1 aliphatic carbocycles. The van der Waals surface area contributed by atoms with E-state index in [0.29, 0.717) is 6.04 Å². The second-order valence-corrected chi connectivity index (χ2v) is 5.79. The predicted octanol–water partition coefficient (Wildman–Crippen LogP) is 4.25. The Morgan fingerprint density at radius 3 is 2.65 bits per heavy atom. The summed E-state index contributed by atoms with van der Waals surface area (Å²) in [5, 5.41) is 3.61. The van der Waals surface area contributed by atoms with Gasteiger partial charge in [0.1, 0.15) is 0 Å². The van der Waals surface area contributed by atoms with E-state index in [2.05, 4.69) is 46.1 Å². The van der Waals surface area contributed by atoms with E-state index in [-0.39, 0.29) is 0 Å². The van der Waals surface area contributed by atoms with Gasteiger partial charge in [0.05, 0.1) is 0 Å². The molecule has 3 heteroatoms. The standard InChI is InChI=1S/C17H23N3/c1-14(15-8-4-2-5-9-15)19-17-18-12-13-20(17)16-10-6-3-7-11-16/h3,6-7,10-15H,2,4-5,8-9H2,1H3,(H,18,19). The largest absolute Gasteiger partial charge is 0.353 e. The Morgan fingerprint density at radius 1 is 1.15 bits per heavy atom. The second kappa shape index (κ2) is 6.12. The number of rotatable bonds is 4. The van der Waals surface area contributed by atoms with Crippen molar-refractivity contribution in [2.45, 2.75) is 45.1 Å². The highest BCUT2D eigenvalue weighted by atomic mass is 15.2. The van der Waals surface area contributed by atoms with Gasteiger partial charge in [0.25, 0.3) is 0 Å². The van der Waals surface area contributed by atoms with Crippen LogP contribution in [0.15, 0.2) is 42.7 Å². The molecule has 1 aliphatic rings. The Hall–Kier alpha value is -1.77. The van der Waals surface area contributed by atoms with Crippen molar-refractivity contribution in [3.05, 3.63) is 42.7 Å². The molecule has 0 bridgehead atoms. The summed E-state index contributed by atoms with van der Waals surface area (Å²) in [6.07, 6.45) is 10.7. The van der Waals surface area contributed by atoms with E-state index < -0.39 is 0 Å². The van der Waals surface area contributed by atoms with Crippen LogP contribution in [0.3, 0.4) is 0 Å². The van der Waals surface area contributed by atoms with Gasteiger partial charge in [-0.2, -0.15) is 0 Å². The topological polar surface area (TPSA) is 29.9 Å². The second-order valence-electron chi connectivity index (χ2n) is 5.79. The van der Waals surface area contributed by atoms with E-state index >= 15 is 0 Å². The SMILES string of the molecule is CC(Nc1nccn1-c1ccccc1)C1CCCCC1. The maximum atomic E-state index is 4.48. The van der Waals surface area contributed by atoms with Gasteiger partial charge < -0.3 is 5.32 Å². The van der Waals surface area contributed by atoms with Gasteiger partial charge in [0, 0.05) is 24.1 Å². The molecule has 1 atom stereocenters. The number of nitrogens with one attached hydrogen (secondary N) is 1. The van der Waals surface area contributed by atoms with Gasteiger partial charge >= 0.3 is 0 Å². The van der Waals surface area contributed by atoms with Gasteiger partial charge in [-0.3, -0.25) is 4.57 Å². The van der Waals surface area contributed by atoms with Crippen molar-refractivity contribution in [3.63, 3.8) is 0 Å². The maximum absolute atomic E-state index is 4.48. The Bertz CT molecular complexity index is 526. The molecule has 1 aromatic heterocycles. The number of hydrogen-bond donors (Lipinski definition) is 1. The van der Waals surface area contributed by atoms with Crippen molar-refractivity contribution in [2.75, 3.05) is 5.32 Å². The minimum Gasteiger partial charge on any atom is -0.353 e. The lowest BCUT2D eigenvalue weighted by molar-refractivity contribution is 0.327. The number of para-hydroxylation sites is 1. The number of benzene rings is 1. The fraction of sp³-hybridized carbons (Fsp3) is 0.471. The lowest BCUT2D eigenvalue weighted by Gasteiger charge is -2.28. The molecule has 0 spiro atoms. The van der Waals surface area contributed by atoms with Crippen LogP contribution in [0.4, 0.5) is 5.95 Å². The molecule has 3 rings (SSSR count). The molecule has 2 aromatic rings. The van der Waals surface area contributed by atoms with Gasteiger partial charge in [0.15, 0.2) is 0 Å². The quantitative estimate of drug-likeness (QED) is 0.899. The summed E-state index contributed by atoms with van der Waals surface area (Å²) >= 11 is 0. The van der Waals surface area contributed by atoms with Crippen molar-refractivity contribution in [1.82, 2.24) is 9.55 Å². The van der Waals surface area contributed by atoms with Crippen LogP contribution in [-0.4, -0.2) is 15.6 Å². The zero-order valence-corrected chi connectivity index (χ0v) is 12.1. The molecule has 1 aromatic carbocycles. The van der Waals surface area contributed by atoms with Crippen LogP contribution in [0.5, 0.6) is 0 Å². The lowest BCUT2D eigenvalue weighted by Crippen LogP contribution is -2.28. The van der Waals surface area contributed by atoms with Crippen LogP contribution in [0.25, 0.3) is 5.69 Å². The average molecular weight is 269 g/mol. The van der Waals surface area contributed by atoms with E-state index in [1.807, 2.05) is 18.5 Å². The van der Waals surface area contributed by atoms with Gasteiger partial charge in [-0.25, -0.2) is 4.98 Å². The lowest BCUT2D eigenvalue weighted by atomic mass is 9.85. The summed E-state index contributed by atoms with van der Waals surface area (Å²) in [5.41, 5.74) is 1.16. The van der Waals surface area contributed by atoms with E-state index in [0.717, 1.165) is 17.6 Å². The first kappa shape index (κ1) is 13.2. The van der Waals surface area contributed by atoms with Crippen LogP contribution >= 0.6 is 0 Å². The van der Waals surface area contributed by atoms with Gasteiger partial charge in [0.2, 0.25) is 5.95 Å². The molecule has 1 fully saturated rings. The summed E-state index contributed by atoms with van der Waals surface area (Å²) in [4.78, 5) is 4.48. The van der Waals surface area contributed by atoms with Crippen LogP contribution in [0.1, 0.15) is 39.0 Å². The van der Waals surface area contributed by atoms with Crippen LogP contribution in [-0.2, 0) is 0 Å². The molecule has 0 amide bonds. The number of nitrogens with zero attached hydrogens (tertiary/aromatic N) is 2. The van der Waals surface area contributed by atoms with E-state index in [1.165, 1.54) is 32.1 Å². The molecular weight excluding hydrogens is 246 g/mol. The third-order valence-corrected chi connectivity index (χ3v) is 4.39. The summed E-state index contributed by atoms with van der Waals surface area (Å²) in [5.74, 6) is 1.74. The van der Waals surface area contributed by atoms with E-state index in [1.54, 1.807) is 0 Å². The van der Waals surface area contributed by atoms with Gasteiger partial charge in [-0.15, -0.1) is 0 Å². The molecule has 0 aliphatic heterocycles. The minimum absolute atomic E-state index is 0.486. The average Bonchev–Trinajstić information content (AvgIpc) is 2.97. The van der Waals surface area contributed by atoms with Crippen LogP contribution in [0, 0.1) is 5.92 Å². The Labute approximate surface area is 121 Å². The summed E-state index contributed by atoms with van der Waals surface area (Å²) < 4.78 is 2.12. The maximum Gasteiger partial charge on any atom is 0.207 e. The molecule has 3 nitrogen and oxygen atoms in total. The molecule has 0 radical (unpaired) electrons. The highest BCUT2D eigenvalue weighted by Crippen LogP contribution is 2.28. The molecule has 20 heavy (non-hydrogen) atoms. The molecule has 1 N–H and O–H groups in total. The fourth-order valence-electron chi connectivity index (χ4n) is 3.16. The molecule has 1 unspecified atom stereocenters. The number of aromatic nitrogens is 2. The van der Waals surface area contributed by atoms with E-state index in [4.69, 9.17) is 0 Å². The zero-order chi connectivity index (χ0) is 13.8. The molecule has 1 heterocycles. The number of imidazole rings is 1. The molecular formula is C17H23N3. The summed E-state index contributed by atoms with van der Waals surface area (Å²) in [6, 6.07) is 10.9. The normalized spacial score (nSPS) is 17.9. The molecule has 1 saturated carbocycles. The third-order valence-electron chi connectivity index (χ3n) is 4.39. The number of anilines is 1. The highest BCUT2D eigenvalue weighted by molar-refractivity contribution is 5.42. The first-order valence-corrected chi connectivity index (χ1v) is 7.70. The first-order valence-electron chi connectivity index (χ1n) is 7.70. The molecule has 106 valence electrons. The first-order chi connectivity index (χ1) is 9.84. The van der Waals surface area contributed by atoms with E-state index in [9.17, 15) is 0 Å². The zero-order valence-electron chi connectivity index (χ0n) is 12.1. The van der Waals surface area contributed by atoms with Crippen LogP contribution in [0.2, 0.25) is 0 Å². The Kier molecular flexibility index (Phi) is 4.05. The van der Waals surface area contributed by atoms with Crippen molar-refractivity contribution in [1.29, 1.82) is 0 Å². The Morgan fingerprint density at radius 2 is 1.90 bits per heavy atom. The van der Waals surface area contributed by atoms with Crippen molar-refractivity contribution in [3.8, 4) is 5.69 Å².